The fraction of sp³-hybridized carbons (Fsp3) is 0.385. The van der Waals surface area contributed by atoms with Gasteiger partial charge < -0.3 is 14.8 Å². The van der Waals surface area contributed by atoms with E-state index in [9.17, 15) is 4.79 Å². The third-order valence-corrected chi connectivity index (χ3v) is 6.49. The van der Waals surface area contributed by atoms with Gasteiger partial charge in [0.1, 0.15) is 23.8 Å². The molecular formula is C26H30N2O3S. The van der Waals surface area contributed by atoms with Crippen LogP contribution in [0.25, 0.3) is 6.08 Å². The van der Waals surface area contributed by atoms with E-state index in [0.717, 1.165) is 59.4 Å². The lowest BCUT2D eigenvalue weighted by molar-refractivity contribution is -0.124. The van der Waals surface area contributed by atoms with Crippen LogP contribution in [0.2, 0.25) is 0 Å². The summed E-state index contributed by atoms with van der Waals surface area (Å²) in [5.74, 6) is 1.57. The first-order valence-corrected chi connectivity index (χ1v) is 11.6. The van der Waals surface area contributed by atoms with Crippen LogP contribution in [0.1, 0.15) is 54.4 Å². The summed E-state index contributed by atoms with van der Waals surface area (Å²) in [4.78, 5) is 14.8. The lowest BCUT2D eigenvalue weighted by Crippen LogP contribution is -2.41. The van der Waals surface area contributed by atoms with E-state index in [1.165, 1.54) is 6.42 Å². The lowest BCUT2D eigenvalue weighted by atomic mass is 9.94. The maximum Gasteiger partial charge on any atom is 0.276 e. The zero-order chi connectivity index (χ0) is 22.7. The summed E-state index contributed by atoms with van der Waals surface area (Å²) in [6, 6.07) is 12.2. The van der Waals surface area contributed by atoms with Crippen molar-refractivity contribution in [2.45, 2.75) is 58.6 Å². The maximum absolute atomic E-state index is 13.1. The van der Waals surface area contributed by atoms with Crippen LogP contribution >= 0.6 is 12.2 Å². The number of hydrogen-bond acceptors (Lipinski definition) is 4. The Morgan fingerprint density at radius 1 is 1.09 bits per heavy atom. The van der Waals surface area contributed by atoms with Gasteiger partial charge in [-0.3, -0.25) is 9.69 Å². The van der Waals surface area contributed by atoms with Gasteiger partial charge >= 0.3 is 0 Å². The third kappa shape index (κ3) is 4.80. The number of ether oxygens (including phenoxy) is 2. The summed E-state index contributed by atoms with van der Waals surface area (Å²) in [7, 11) is 1.65. The second-order valence-corrected chi connectivity index (χ2v) is 8.97. The number of carbonyl (C=O) groups excluding carboxylic acids is 1. The highest BCUT2D eigenvalue weighted by molar-refractivity contribution is 7.80. The number of hydrogen-bond donors (Lipinski definition) is 1. The fourth-order valence-electron chi connectivity index (χ4n) is 4.41. The molecule has 0 radical (unpaired) electrons. The van der Waals surface area contributed by atoms with Crippen molar-refractivity contribution < 1.29 is 14.3 Å². The average Bonchev–Trinajstić information content (AvgIpc) is 3.07. The molecular weight excluding hydrogens is 420 g/mol. The molecule has 1 amide bonds. The second-order valence-electron chi connectivity index (χ2n) is 8.58. The minimum atomic E-state index is -0.0362. The molecule has 1 aliphatic heterocycles. The molecule has 1 saturated heterocycles. The summed E-state index contributed by atoms with van der Waals surface area (Å²) in [5, 5.41) is 3.64. The fourth-order valence-corrected chi connectivity index (χ4v) is 4.75. The largest absolute Gasteiger partial charge is 0.496 e. The Morgan fingerprint density at radius 3 is 2.62 bits per heavy atom. The second kappa shape index (κ2) is 9.74. The van der Waals surface area contributed by atoms with Gasteiger partial charge in [-0.1, -0.05) is 37.5 Å². The van der Waals surface area contributed by atoms with E-state index < -0.39 is 0 Å². The number of aryl methyl sites for hydroxylation is 2. The van der Waals surface area contributed by atoms with E-state index in [4.69, 9.17) is 21.7 Å². The molecule has 32 heavy (non-hydrogen) atoms. The van der Waals surface area contributed by atoms with Gasteiger partial charge in [0.25, 0.3) is 5.91 Å². The Bertz CT molecular complexity index is 1060. The van der Waals surface area contributed by atoms with E-state index in [1.54, 1.807) is 12.0 Å². The Morgan fingerprint density at radius 2 is 1.88 bits per heavy atom. The van der Waals surface area contributed by atoms with Crippen molar-refractivity contribution in [2.75, 3.05) is 7.11 Å². The van der Waals surface area contributed by atoms with Crippen LogP contribution < -0.4 is 14.8 Å². The molecule has 0 aromatic heterocycles. The van der Waals surface area contributed by atoms with Crippen LogP contribution in [-0.4, -0.2) is 29.1 Å². The standard InChI is InChI=1S/C26H30N2O3S/c1-17-9-10-18(2)24(13-17)31-16-20-14-19(11-12-23(20)30-3)15-22-25(29)28(26(32)27-22)21-7-5-4-6-8-21/h9-15,21H,4-8,16H2,1-3H3,(H,27,32)/b22-15+. The molecule has 0 atom stereocenters. The predicted octanol–water partition coefficient (Wildman–Crippen LogP) is 5.28. The predicted molar refractivity (Wildman–Crippen MR) is 131 cm³/mol. The zero-order valence-corrected chi connectivity index (χ0v) is 19.8. The number of rotatable bonds is 6. The Hall–Kier alpha value is -2.86. The molecule has 2 aliphatic rings. The molecule has 1 N–H and O–H groups in total. The Balaban J connectivity index is 1.54. The molecule has 0 spiro atoms. The first-order chi connectivity index (χ1) is 15.5. The third-order valence-electron chi connectivity index (χ3n) is 6.19. The van der Waals surface area contributed by atoms with Gasteiger partial charge in [0.05, 0.1) is 7.11 Å². The van der Waals surface area contributed by atoms with Gasteiger partial charge in [-0.05, 0) is 79.9 Å². The van der Waals surface area contributed by atoms with Crippen molar-refractivity contribution in [1.29, 1.82) is 0 Å². The Labute approximate surface area is 195 Å². The van der Waals surface area contributed by atoms with Gasteiger partial charge in [-0.25, -0.2) is 0 Å². The quantitative estimate of drug-likeness (QED) is 0.479. The highest BCUT2D eigenvalue weighted by Crippen LogP contribution is 2.28. The average molecular weight is 451 g/mol. The molecule has 6 heteroatoms. The van der Waals surface area contributed by atoms with Crippen LogP contribution in [0.3, 0.4) is 0 Å². The topological polar surface area (TPSA) is 50.8 Å². The van der Waals surface area contributed by atoms with Crippen LogP contribution in [0.15, 0.2) is 42.1 Å². The van der Waals surface area contributed by atoms with E-state index in [-0.39, 0.29) is 11.9 Å². The molecule has 4 rings (SSSR count). The highest BCUT2D eigenvalue weighted by atomic mass is 32.1. The van der Waals surface area contributed by atoms with E-state index in [1.807, 2.05) is 44.2 Å². The summed E-state index contributed by atoms with van der Waals surface area (Å²) < 4.78 is 11.6. The number of methoxy groups -OCH3 is 1. The van der Waals surface area contributed by atoms with Gasteiger partial charge in [0, 0.05) is 11.6 Å². The van der Waals surface area contributed by atoms with Crippen LogP contribution in [0.4, 0.5) is 0 Å². The molecule has 1 saturated carbocycles. The molecule has 2 fully saturated rings. The number of amides is 1. The van der Waals surface area contributed by atoms with Crippen molar-refractivity contribution in [3.8, 4) is 11.5 Å². The number of thiocarbonyl (C=S) groups is 1. The summed E-state index contributed by atoms with van der Waals surface area (Å²) in [6.07, 6.45) is 7.43. The normalized spacial score (nSPS) is 18.2. The molecule has 2 aromatic carbocycles. The summed E-state index contributed by atoms with van der Waals surface area (Å²) in [6.45, 7) is 4.45. The maximum atomic E-state index is 13.1. The summed E-state index contributed by atoms with van der Waals surface area (Å²) in [5.41, 5.74) is 4.58. The zero-order valence-electron chi connectivity index (χ0n) is 18.9. The van der Waals surface area contributed by atoms with Crippen molar-refractivity contribution in [3.63, 3.8) is 0 Å². The van der Waals surface area contributed by atoms with Crippen molar-refractivity contribution >= 4 is 29.3 Å². The molecule has 168 valence electrons. The lowest BCUT2D eigenvalue weighted by Gasteiger charge is -2.29. The van der Waals surface area contributed by atoms with Gasteiger partial charge in [-0.15, -0.1) is 0 Å². The molecule has 1 heterocycles. The minimum absolute atomic E-state index is 0.0362. The highest BCUT2D eigenvalue weighted by Gasteiger charge is 2.36. The number of nitrogens with one attached hydrogen (secondary N) is 1. The smallest absolute Gasteiger partial charge is 0.276 e. The summed E-state index contributed by atoms with van der Waals surface area (Å²) >= 11 is 5.49. The van der Waals surface area contributed by atoms with Gasteiger partial charge in [0.2, 0.25) is 0 Å². The number of benzene rings is 2. The van der Waals surface area contributed by atoms with Crippen LogP contribution in [-0.2, 0) is 11.4 Å². The molecule has 5 nitrogen and oxygen atoms in total. The first kappa shape index (κ1) is 22.3. The molecule has 2 aromatic rings. The van der Waals surface area contributed by atoms with E-state index in [2.05, 4.69) is 17.4 Å². The van der Waals surface area contributed by atoms with Crippen molar-refractivity contribution in [2.24, 2.45) is 0 Å². The molecule has 0 bridgehead atoms. The van der Waals surface area contributed by atoms with Gasteiger partial charge in [-0.2, -0.15) is 0 Å². The van der Waals surface area contributed by atoms with Gasteiger partial charge in [0.15, 0.2) is 5.11 Å². The van der Waals surface area contributed by atoms with E-state index >= 15 is 0 Å². The SMILES string of the molecule is COc1ccc(/C=C2/NC(=S)N(C3CCCCC3)C2=O)cc1COc1cc(C)ccc1C. The monoisotopic (exact) mass is 450 g/mol. The number of carbonyl (C=O) groups is 1. The first-order valence-electron chi connectivity index (χ1n) is 11.2. The van der Waals surface area contributed by atoms with Crippen molar-refractivity contribution in [1.82, 2.24) is 10.2 Å². The Kier molecular flexibility index (Phi) is 6.80. The van der Waals surface area contributed by atoms with Crippen LogP contribution in [0, 0.1) is 13.8 Å². The molecule has 0 unspecified atom stereocenters. The van der Waals surface area contributed by atoms with E-state index in [0.29, 0.717) is 17.4 Å². The number of nitrogens with zero attached hydrogens (tertiary/aromatic N) is 1. The van der Waals surface area contributed by atoms with Crippen LogP contribution in [0.5, 0.6) is 11.5 Å². The molecule has 1 aliphatic carbocycles. The van der Waals surface area contributed by atoms with Crippen molar-refractivity contribution in [3.05, 3.63) is 64.3 Å². The minimum Gasteiger partial charge on any atom is -0.496 e.